The zero-order valence-electron chi connectivity index (χ0n) is 8.41. The van der Waals surface area contributed by atoms with Crippen molar-refractivity contribution in [2.75, 3.05) is 27.2 Å². The summed E-state index contributed by atoms with van der Waals surface area (Å²) in [7, 11) is 3.40. The zero-order chi connectivity index (χ0) is 11.3. The van der Waals surface area contributed by atoms with E-state index in [0.29, 0.717) is 0 Å². The minimum Gasteiger partial charge on any atom is -0.394 e. The van der Waals surface area contributed by atoms with E-state index in [0.717, 1.165) is 0 Å². The van der Waals surface area contributed by atoms with Crippen LogP contribution in [0.3, 0.4) is 0 Å². The monoisotopic (exact) mass is 209 g/mol. The standard InChI is InChI=1S/C8H19NO5/c1-9(2)3-5(11)7(13)8(14)6(12)4-10/h5-8,10-14H,3-4H2,1-2H3/t5-,6-,7+,8-/m1/s1. The fourth-order valence-corrected chi connectivity index (χ4v) is 1.05. The summed E-state index contributed by atoms with van der Waals surface area (Å²) >= 11 is 0. The lowest BCUT2D eigenvalue weighted by atomic mass is 10.0. The van der Waals surface area contributed by atoms with Crippen molar-refractivity contribution in [1.29, 1.82) is 0 Å². The van der Waals surface area contributed by atoms with Crippen molar-refractivity contribution < 1.29 is 25.5 Å². The van der Waals surface area contributed by atoms with Crippen LogP contribution in [-0.2, 0) is 0 Å². The summed E-state index contributed by atoms with van der Waals surface area (Å²) in [6.45, 7) is -0.497. The van der Waals surface area contributed by atoms with E-state index in [1.54, 1.807) is 19.0 Å². The van der Waals surface area contributed by atoms with Crippen LogP contribution in [0.2, 0.25) is 0 Å². The molecular weight excluding hydrogens is 190 g/mol. The molecular formula is C8H19NO5. The van der Waals surface area contributed by atoms with Gasteiger partial charge in [0.05, 0.1) is 12.7 Å². The number of aliphatic hydroxyl groups is 5. The molecule has 0 aliphatic rings. The molecule has 6 nitrogen and oxygen atoms in total. The molecule has 0 aromatic rings. The van der Waals surface area contributed by atoms with E-state index in [1.165, 1.54) is 0 Å². The van der Waals surface area contributed by atoms with Gasteiger partial charge in [0.25, 0.3) is 0 Å². The molecule has 5 N–H and O–H groups in total. The average molecular weight is 209 g/mol. The summed E-state index contributed by atoms with van der Waals surface area (Å²) in [5, 5.41) is 45.4. The van der Waals surface area contributed by atoms with Gasteiger partial charge in [-0.05, 0) is 14.1 Å². The number of likely N-dealkylation sites (N-methyl/N-ethyl adjacent to an activating group) is 1. The molecule has 0 bridgehead atoms. The predicted molar refractivity (Wildman–Crippen MR) is 49.7 cm³/mol. The van der Waals surface area contributed by atoms with Crippen LogP contribution in [0.4, 0.5) is 0 Å². The van der Waals surface area contributed by atoms with Crippen molar-refractivity contribution in [2.45, 2.75) is 24.4 Å². The Morgan fingerprint density at radius 3 is 1.71 bits per heavy atom. The molecule has 86 valence electrons. The maximum Gasteiger partial charge on any atom is 0.111 e. The van der Waals surface area contributed by atoms with Crippen LogP contribution in [0.25, 0.3) is 0 Å². The first kappa shape index (κ1) is 13.8. The third-order valence-electron chi connectivity index (χ3n) is 1.88. The normalized spacial score (nSPS) is 20.6. The number of nitrogens with zero attached hydrogens (tertiary/aromatic N) is 1. The van der Waals surface area contributed by atoms with E-state index in [9.17, 15) is 15.3 Å². The first-order valence-corrected chi connectivity index (χ1v) is 4.38. The molecule has 0 rings (SSSR count). The first-order valence-electron chi connectivity index (χ1n) is 4.38. The van der Waals surface area contributed by atoms with Crippen molar-refractivity contribution >= 4 is 0 Å². The topological polar surface area (TPSA) is 104 Å². The second-order valence-corrected chi connectivity index (χ2v) is 3.56. The lowest BCUT2D eigenvalue weighted by Gasteiger charge is -2.27. The van der Waals surface area contributed by atoms with E-state index in [4.69, 9.17) is 10.2 Å². The van der Waals surface area contributed by atoms with E-state index in [1.807, 2.05) is 0 Å². The maximum atomic E-state index is 9.36. The third-order valence-corrected chi connectivity index (χ3v) is 1.88. The van der Waals surface area contributed by atoms with E-state index < -0.39 is 31.0 Å². The molecule has 0 spiro atoms. The quantitative estimate of drug-likeness (QED) is 0.319. The summed E-state index contributed by atoms with van der Waals surface area (Å²) in [4.78, 5) is 1.63. The lowest BCUT2D eigenvalue weighted by molar-refractivity contribution is -0.117. The van der Waals surface area contributed by atoms with Gasteiger partial charge in [-0.3, -0.25) is 0 Å². The highest BCUT2D eigenvalue weighted by molar-refractivity contribution is 4.81. The Bertz CT molecular complexity index is 155. The maximum absolute atomic E-state index is 9.36. The van der Waals surface area contributed by atoms with Gasteiger partial charge in [0.2, 0.25) is 0 Å². The van der Waals surface area contributed by atoms with Crippen molar-refractivity contribution in [3.05, 3.63) is 0 Å². The van der Waals surface area contributed by atoms with Crippen molar-refractivity contribution in [3.8, 4) is 0 Å². The Morgan fingerprint density at radius 2 is 1.36 bits per heavy atom. The van der Waals surface area contributed by atoms with Gasteiger partial charge in [0, 0.05) is 6.54 Å². The van der Waals surface area contributed by atoms with Gasteiger partial charge < -0.3 is 30.4 Å². The van der Waals surface area contributed by atoms with Crippen molar-refractivity contribution in [3.63, 3.8) is 0 Å². The molecule has 0 saturated carbocycles. The van der Waals surface area contributed by atoms with Crippen molar-refractivity contribution in [2.24, 2.45) is 0 Å². The Kier molecular flexibility index (Phi) is 6.17. The smallest absolute Gasteiger partial charge is 0.111 e. The Balaban J connectivity index is 4.09. The summed E-state index contributed by atoms with van der Waals surface area (Å²) < 4.78 is 0. The van der Waals surface area contributed by atoms with Crippen molar-refractivity contribution in [1.82, 2.24) is 4.90 Å². The van der Waals surface area contributed by atoms with Gasteiger partial charge in [-0.25, -0.2) is 0 Å². The minimum absolute atomic E-state index is 0.163. The number of hydrogen-bond acceptors (Lipinski definition) is 6. The highest BCUT2D eigenvalue weighted by atomic mass is 16.4. The highest BCUT2D eigenvalue weighted by Crippen LogP contribution is 2.05. The summed E-state index contributed by atoms with van der Waals surface area (Å²) in [5.74, 6) is 0. The van der Waals surface area contributed by atoms with Crippen LogP contribution in [0.1, 0.15) is 0 Å². The molecule has 0 aromatic carbocycles. The highest BCUT2D eigenvalue weighted by Gasteiger charge is 2.29. The van der Waals surface area contributed by atoms with Crippen LogP contribution in [-0.4, -0.2) is 82.1 Å². The van der Waals surface area contributed by atoms with Gasteiger partial charge in [-0.2, -0.15) is 0 Å². The fourth-order valence-electron chi connectivity index (χ4n) is 1.05. The molecule has 6 heteroatoms. The summed E-state index contributed by atoms with van der Waals surface area (Å²) in [5.41, 5.74) is 0. The predicted octanol–water partition coefficient (Wildman–Crippen LogP) is -3.02. The number of rotatable bonds is 6. The van der Waals surface area contributed by atoms with E-state index >= 15 is 0 Å². The molecule has 0 saturated heterocycles. The summed E-state index contributed by atoms with van der Waals surface area (Å²) in [6, 6.07) is 0. The SMILES string of the molecule is CN(C)C[C@@H](O)[C@H](O)[C@H](O)[C@H](O)CO. The Labute approximate surface area is 83.0 Å². The second-order valence-electron chi connectivity index (χ2n) is 3.56. The average Bonchev–Trinajstić information content (AvgIpc) is 2.13. The third kappa shape index (κ3) is 4.32. The van der Waals surface area contributed by atoms with Gasteiger partial charge in [0.15, 0.2) is 0 Å². The van der Waals surface area contributed by atoms with E-state index in [-0.39, 0.29) is 6.54 Å². The Hall–Kier alpha value is -0.240. The molecule has 4 atom stereocenters. The molecule has 14 heavy (non-hydrogen) atoms. The lowest BCUT2D eigenvalue weighted by Crippen LogP contribution is -2.48. The first-order chi connectivity index (χ1) is 6.40. The van der Waals surface area contributed by atoms with Crippen LogP contribution in [0, 0.1) is 0 Å². The molecule has 0 unspecified atom stereocenters. The van der Waals surface area contributed by atoms with Crippen LogP contribution in [0.15, 0.2) is 0 Å². The van der Waals surface area contributed by atoms with Crippen LogP contribution >= 0.6 is 0 Å². The molecule has 0 aliphatic heterocycles. The van der Waals surface area contributed by atoms with Gasteiger partial charge in [-0.15, -0.1) is 0 Å². The largest absolute Gasteiger partial charge is 0.394 e. The molecule has 0 aliphatic carbocycles. The number of hydrogen-bond donors (Lipinski definition) is 5. The number of aliphatic hydroxyl groups excluding tert-OH is 5. The molecule has 0 fully saturated rings. The Morgan fingerprint density at radius 1 is 0.929 bits per heavy atom. The van der Waals surface area contributed by atoms with E-state index in [2.05, 4.69) is 0 Å². The minimum atomic E-state index is -1.55. The molecule has 0 radical (unpaired) electrons. The van der Waals surface area contributed by atoms with Crippen LogP contribution in [0.5, 0.6) is 0 Å². The zero-order valence-corrected chi connectivity index (χ0v) is 8.41. The molecule has 0 amide bonds. The summed E-state index contributed by atoms with van der Waals surface area (Å²) in [6.07, 6.45) is -5.63. The van der Waals surface area contributed by atoms with Gasteiger partial charge >= 0.3 is 0 Å². The fraction of sp³-hybridized carbons (Fsp3) is 1.00. The molecule has 0 heterocycles. The second kappa shape index (κ2) is 6.28. The van der Waals surface area contributed by atoms with Gasteiger partial charge in [0.1, 0.15) is 18.3 Å². The molecule has 0 aromatic heterocycles. The van der Waals surface area contributed by atoms with Gasteiger partial charge in [-0.1, -0.05) is 0 Å². The van der Waals surface area contributed by atoms with Crippen LogP contribution < -0.4 is 0 Å².